The highest BCUT2D eigenvalue weighted by Crippen LogP contribution is 2.26. The molecular weight excluding hydrogens is 368 g/mol. The second-order valence-corrected chi connectivity index (χ2v) is 5.81. The number of rotatable bonds is 3. The molecule has 0 bridgehead atoms. The smallest absolute Gasteiger partial charge is 0.331 e. The summed E-state index contributed by atoms with van der Waals surface area (Å²) in [6.45, 7) is 0. The Kier molecular flexibility index (Phi) is 5.75. The number of carbonyl (C=O) groups is 2. The first-order valence-corrected chi connectivity index (χ1v) is 7.53. The molecule has 1 aromatic carbocycles. The van der Waals surface area contributed by atoms with E-state index in [1.54, 1.807) is 0 Å². The summed E-state index contributed by atoms with van der Waals surface area (Å²) >= 11 is 12.6. The molecule has 1 heterocycles. The molecule has 0 unspecified atom stereocenters. The average Bonchev–Trinajstić information content (AvgIpc) is 2.86. The molecule has 1 aromatic rings. The van der Waals surface area contributed by atoms with E-state index in [-0.39, 0.29) is 25.7 Å². The molecule has 0 atom stereocenters. The molecule has 0 aromatic heterocycles. The number of nitrogens with zero attached hydrogens (tertiary/aromatic N) is 2. The zero-order valence-electron chi connectivity index (χ0n) is 11.5. The van der Waals surface area contributed by atoms with Gasteiger partial charge in [-0.05, 0) is 23.9 Å². The summed E-state index contributed by atoms with van der Waals surface area (Å²) in [5.41, 5.74) is 0.164. The Balaban J connectivity index is 2.16. The third-order valence-corrected chi connectivity index (χ3v) is 4.13. The van der Waals surface area contributed by atoms with Crippen molar-refractivity contribution in [1.29, 1.82) is 0 Å². The van der Waals surface area contributed by atoms with Crippen LogP contribution in [0.4, 0.5) is 4.39 Å². The molecule has 0 saturated carbocycles. The minimum atomic E-state index is -0.661. The van der Waals surface area contributed by atoms with Crippen molar-refractivity contribution in [1.82, 2.24) is 5.32 Å². The lowest BCUT2D eigenvalue weighted by Gasteiger charge is -2.01. The molecule has 2 rings (SSSR count). The van der Waals surface area contributed by atoms with Gasteiger partial charge >= 0.3 is 5.97 Å². The molecule has 0 spiro atoms. The maximum Gasteiger partial charge on any atom is 0.331 e. The molecule has 1 N–H and O–H groups in total. The SMILES string of the molecule is COC(=O)/C=C1/S/C(=N\N=Cc2c(Cl)ccc(F)c2Cl)NC1=O. The van der Waals surface area contributed by atoms with Crippen molar-refractivity contribution in [3.05, 3.63) is 44.5 Å². The molecule has 120 valence electrons. The summed E-state index contributed by atoms with van der Waals surface area (Å²) in [5.74, 6) is -1.81. The van der Waals surface area contributed by atoms with Crippen molar-refractivity contribution in [2.75, 3.05) is 7.11 Å². The lowest BCUT2D eigenvalue weighted by molar-refractivity contribution is -0.135. The Morgan fingerprint density at radius 3 is 2.87 bits per heavy atom. The van der Waals surface area contributed by atoms with Gasteiger partial charge in [0.2, 0.25) is 0 Å². The van der Waals surface area contributed by atoms with Crippen LogP contribution in [0.3, 0.4) is 0 Å². The summed E-state index contributed by atoms with van der Waals surface area (Å²) in [4.78, 5) is 22.8. The molecule has 6 nitrogen and oxygen atoms in total. The number of hydrogen-bond acceptors (Lipinski definition) is 6. The topological polar surface area (TPSA) is 80.1 Å². The van der Waals surface area contributed by atoms with Crippen LogP contribution in [0.1, 0.15) is 5.56 Å². The lowest BCUT2D eigenvalue weighted by Crippen LogP contribution is -2.19. The van der Waals surface area contributed by atoms with E-state index in [1.165, 1.54) is 13.2 Å². The second kappa shape index (κ2) is 7.58. The summed E-state index contributed by atoms with van der Waals surface area (Å²) in [5, 5.41) is 10.0. The van der Waals surface area contributed by atoms with Gasteiger partial charge in [-0.2, -0.15) is 5.10 Å². The van der Waals surface area contributed by atoms with Gasteiger partial charge in [0.1, 0.15) is 5.82 Å². The maximum absolute atomic E-state index is 13.3. The van der Waals surface area contributed by atoms with Gasteiger partial charge in [-0.1, -0.05) is 23.2 Å². The summed E-state index contributed by atoms with van der Waals surface area (Å²) in [7, 11) is 1.20. The number of halogens is 3. The zero-order valence-corrected chi connectivity index (χ0v) is 13.8. The van der Waals surface area contributed by atoms with E-state index in [9.17, 15) is 14.0 Å². The Bertz CT molecular complexity index is 765. The Morgan fingerprint density at radius 1 is 1.43 bits per heavy atom. The van der Waals surface area contributed by atoms with Crippen LogP contribution in [0.5, 0.6) is 0 Å². The Morgan fingerprint density at radius 2 is 2.17 bits per heavy atom. The third kappa shape index (κ3) is 4.31. The normalized spacial score (nSPS) is 18.0. The van der Waals surface area contributed by atoms with Crippen LogP contribution in [0, 0.1) is 5.82 Å². The minimum absolute atomic E-state index is 0.118. The summed E-state index contributed by atoms with van der Waals surface area (Å²) in [6, 6.07) is 2.46. The number of nitrogens with one attached hydrogen (secondary N) is 1. The average molecular weight is 376 g/mol. The highest BCUT2D eigenvalue weighted by molar-refractivity contribution is 8.18. The summed E-state index contributed by atoms with van der Waals surface area (Å²) in [6.07, 6.45) is 2.20. The van der Waals surface area contributed by atoms with E-state index in [0.717, 1.165) is 30.1 Å². The van der Waals surface area contributed by atoms with Crippen molar-refractivity contribution in [2.45, 2.75) is 0 Å². The number of hydrogen-bond donors (Lipinski definition) is 1. The van der Waals surface area contributed by atoms with Crippen molar-refractivity contribution >= 4 is 58.2 Å². The first kappa shape index (κ1) is 17.5. The fourth-order valence-electron chi connectivity index (χ4n) is 1.44. The number of ether oxygens (including phenoxy) is 1. The van der Waals surface area contributed by atoms with Gasteiger partial charge in [0.15, 0.2) is 5.17 Å². The number of methoxy groups -OCH3 is 1. The number of esters is 1. The van der Waals surface area contributed by atoms with E-state index in [4.69, 9.17) is 23.2 Å². The molecule has 0 aliphatic carbocycles. The van der Waals surface area contributed by atoms with Gasteiger partial charge in [-0.25, -0.2) is 9.18 Å². The van der Waals surface area contributed by atoms with E-state index in [2.05, 4.69) is 20.3 Å². The van der Waals surface area contributed by atoms with Crippen molar-refractivity contribution in [2.24, 2.45) is 10.2 Å². The van der Waals surface area contributed by atoms with Gasteiger partial charge in [0, 0.05) is 11.6 Å². The first-order chi connectivity index (χ1) is 10.9. The van der Waals surface area contributed by atoms with E-state index >= 15 is 0 Å². The second-order valence-electron chi connectivity index (χ2n) is 3.99. The van der Waals surface area contributed by atoms with Gasteiger partial charge in [0.25, 0.3) is 5.91 Å². The zero-order chi connectivity index (χ0) is 17.0. The maximum atomic E-state index is 13.3. The predicted octanol–water partition coefficient (Wildman–Crippen LogP) is 2.74. The Hall–Kier alpha value is -1.90. The van der Waals surface area contributed by atoms with Crippen LogP contribution in [-0.2, 0) is 14.3 Å². The number of amides is 1. The first-order valence-electron chi connectivity index (χ1n) is 5.95. The van der Waals surface area contributed by atoms with Crippen LogP contribution < -0.4 is 5.32 Å². The number of benzene rings is 1. The molecule has 1 aliphatic heterocycles. The van der Waals surface area contributed by atoms with Crippen molar-refractivity contribution in [3.63, 3.8) is 0 Å². The highest BCUT2D eigenvalue weighted by Gasteiger charge is 2.25. The van der Waals surface area contributed by atoms with Gasteiger partial charge in [-0.3, -0.25) is 10.1 Å². The number of carbonyl (C=O) groups excluding carboxylic acids is 2. The van der Waals surface area contributed by atoms with Gasteiger partial charge < -0.3 is 4.74 Å². The van der Waals surface area contributed by atoms with E-state index in [1.807, 2.05) is 0 Å². The molecule has 1 fully saturated rings. The molecule has 1 saturated heterocycles. The van der Waals surface area contributed by atoms with Gasteiger partial charge in [-0.15, -0.1) is 5.10 Å². The molecular formula is C13H8Cl2FN3O3S. The van der Waals surface area contributed by atoms with Crippen molar-refractivity contribution < 1.29 is 18.7 Å². The minimum Gasteiger partial charge on any atom is -0.466 e. The standard InChI is InChI=1S/C13H8Cl2FN3O3S/c1-22-10(20)4-9-12(21)18-13(23-9)19-17-5-6-7(14)2-3-8(16)11(6)15/h2-5H,1H3,(H,18,19,21)/b9-4+,17-5?. The fraction of sp³-hybridized carbons (Fsp3) is 0.0769. The van der Waals surface area contributed by atoms with Crippen LogP contribution in [0.2, 0.25) is 10.0 Å². The molecule has 23 heavy (non-hydrogen) atoms. The highest BCUT2D eigenvalue weighted by atomic mass is 35.5. The lowest BCUT2D eigenvalue weighted by atomic mass is 10.2. The van der Waals surface area contributed by atoms with Gasteiger partial charge in [0.05, 0.1) is 28.3 Å². The monoisotopic (exact) mass is 375 g/mol. The molecule has 1 amide bonds. The van der Waals surface area contributed by atoms with Crippen molar-refractivity contribution in [3.8, 4) is 0 Å². The molecule has 1 aliphatic rings. The molecule has 0 radical (unpaired) electrons. The number of amidine groups is 1. The largest absolute Gasteiger partial charge is 0.466 e. The van der Waals surface area contributed by atoms with E-state index < -0.39 is 17.7 Å². The van der Waals surface area contributed by atoms with Crippen LogP contribution >= 0.6 is 35.0 Å². The fourth-order valence-corrected chi connectivity index (χ4v) is 2.65. The summed E-state index contributed by atoms with van der Waals surface area (Å²) < 4.78 is 17.8. The van der Waals surface area contributed by atoms with Crippen LogP contribution in [0.15, 0.2) is 33.3 Å². The number of thioether (sulfide) groups is 1. The van der Waals surface area contributed by atoms with E-state index in [0.29, 0.717) is 0 Å². The predicted molar refractivity (Wildman–Crippen MR) is 87.3 cm³/mol. The molecule has 10 heteroatoms. The quantitative estimate of drug-likeness (QED) is 0.289. The van der Waals surface area contributed by atoms with Crippen LogP contribution in [-0.4, -0.2) is 30.4 Å². The third-order valence-electron chi connectivity index (χ3n) is 2.52. The van der Waals surface area contributed by atoms with Crippen LogP contribution in [0.25, 0.3) is 0 Å². The Labute approximate surface area is 144 Å².